The summed E-state index contributed by atoms with van der Waals surface area (Å²) in [6.45, 7) is 3.73. The number of hydrogen-bond acceptors (Lipinski definition) is 5. The van der Waals surface area contributed by atoms with Crippen LogP contribution in [-0.4, -0.2) is 20.6 Å². The number of nitro groups is 1. The fraction of sp³-hybridized carbons (Fsp3) is 0.200. The van der Waals surface area contributed by atoms with Gasteiger partial charge in [0, 0.05) is 30.4 Å². The van der Waals surface area contributed by atoms with Gasteiger partial charge in [0.05, 0.1) is 16.3 Å². The van der Waals surface area contributed by atoms with Crippen molar-refractivity contribution in [2.24, 2.45) is 7.05 Å². The van der Waals surface area contributed by atoms with Crippen LogP contribution in [0, 0.1) is 24.0 Å². The van der Waals surface area contributed by atoms with Crippen LogP contribution in [0.4, 0.5) is 11.4 Å². The molecule has 3 rings (SSSR count). The Hall–Kier alpha value is -3.68. The minimum absolute atomic E-state index is 0.0525. The summed E-state index contributed by atoms with van der Waals surface area (Å²) < 4.78 is 7.36. The molecule has 0 fully saturated rings. The number of carbonyl (C=O) groups excluding carboxylic acids is 1. The number of benzene rings is 2. The third-order valence-electron chi connectivity index (χ3n) is 4.22. The Labute approximate surface area is 161 Å². The zero-order valence-electron chi connectivity index (χ0n) is 15.8. The van der Waals surface area contributed by atoms with Gasteiger partial charge in [-0.2, -0.15) is 5.10 Å². The molecule has 1 amide bonds. The number of carbonyl (C=O) groups is 1. The van der Waals surface area contributed by atoms with Crippen molar-refractivity contribution in [3.05, 3.63) is 81.2 Å². The van der Waals surface area contributed by atoms with Crippen molar-refractivity contribution in [1.82, 2.24) is 9.78 Å². The number of anilines is 1. The summed E-state index contributed by atoms with van der Waals surface area (Å²) in [4.78, 5) is 23.0. The Balaban J connectivity index is 1.68. The van der Waals surface area contributed by atoms with Gasteiger partial charge in [0.2, 0.25) is 0 Å². The van der Waals surface area contributed by atoms with E-state index in [1.807, 2.05) is 13.0 Å². The van der Waals surface area contributed by atoms with Crippen LogP contribution >= 0.6 is 0 Å². The summed E-state index contributed by atoms with van der Waals surface area (Å²) in [5, 5.41) is 17.9. The average molecular weight is 380 g/mol. The first kappa shape index (κ1) is 19.1. The molecule has 0 aliphatic heterocycles. The van der Waals surface area contributed by atoms with Crippen molar-refractivity contribution in [1.29, 1.82) is 0 Å². The molecule has 1 aromatic heterocycles. The van der Waals surface area contributed by atoms with Crippen LogP contribution < -0.4 is 10.1 Å². The largest absolute Gasteiger partial charge is 0.489 e. The maximum atomic E-state index is 12.5. The number of nitro benzene ring substituents is 1. The molecule has 0 unspecified atom stereocenters. The first-order chi connectivity index (χ1) is 13.3. The van der Waals surface area contributed by atoms with Gasteiger partial charge in [0.1, 0.15) is 12.4 Å². The van der Waals surface area contributed by atoms with Crippen molar-refractivity contribution < 1.29 is 14.5 Å². The van der Waals surface area contributed by atoms with Crippen LogP contribution in [0.2, 0.25) is 0 Å². The number of rotatable bonds is 6. The molecule has 0 radical (unpaired) electrons. The first-order valence-electron chi connectivity index (χ1n) is 8.62. The molecule has 0 spiro atoms. The Morgan fingerprint density at radius 3 is 2.68 bits per heavy atom. The molecule has 0 aliphatic carbocycles. The van der Waals surface area contributed by atoms with Gasteiger partial charge in [0.15, 0.2) is 0 Å². The Kier molecular flexibility index (Phi) is 5.39. The predicted molar refractivity (Wildman–Crippen MR) is 105 cm³/mol. The topological polar surface area (TPSA) is 99.3 Å². The van der Waals surface area contributed by atoms with E-state index < -0.39 is 4.92 Å². The summed E-state index contributed by atoms with van der Waals surface area (Å²) in [7, 11) is 1.79. The lowest BCUT2D eigenvalue weighted by molar-refractivity contribution is -0.385. The molecule has 0 saturated carbocycles. The quantitative estimate of drug-likeness (QED) is 0.518. The number of hydrogen-bond donors (Lipinski definition) is 1. The minimum atomic E-state index is -0.425. The lowest BCUT2D eigenvalue weighted by Gasteiger charge is -2.09. The monoisotopic (exact) mass is 380 g/mol. The van der Waals surface area contributed by atoms with E-state index in [9.17, 15) is 14.9 Å². The second-order valence-electron chi connectivity index (χ2n) is 6.45. The molecule has 8 nitrogen and oxygen atoms in total. The highest BCUT2D eigenvalue weighted by Crippen LogP contribution is 2.24. The molecular formula is C20H20N4O4. The van der Waals surface area contributed by atoms with E-state index in [-0.39, 0.29) is 18.2 Å². The Morgan fingerprint density at radius 1 is 1.25 bits per heavy atom. The van der Waals surface area contributed by atoms with Gasteiger partial charge in [-0.05, 0) is 43.7 Å². The third-order valence-corrected chi connectivity index (χ3v) is 4.22. The normalized spacial score (nSPS) is 10.5. The van der Waals surface area contributed by atoms with E-state index in [0.717, 1.165) is 11.3 Å². The van der Waals surface area contributed by atoms with E-state index in [1.165, 1.54) is 6.07 Å². The Morgan fingerprint density at radius 2 is 2.04 bits per heavy atom. The minimum Gasteiger partial charge on any atom is -0.489 e. The standard InChI is InChI=1S/C20H20N4O4/c1-13-9-17(7-8-19(13)24(26)27)28-12-15-5-4-6-16(10-15)20(25)21-18-11-23(3)22-14(18)2/h4-11H,12H2,1-3H3,(H,21,25). The lowest BCUT2D eigenvalue weighted by atomic mass is 10.1. The SMILES string of the molecule is Cc1cc(OCc2cccc(C(=O)Nc3cn(C)nc3C)c2)ccc1[N+](=O)[O-]. The van der Waals surface area contributed by atoms with Gasteiger partial charge in [-0.15, -0.1) is 0 Å². The van der Waals surface area contributed by atoms with Crippen LogP contribution in [-0.2, 0) is 13.7 Å². The van der Waals surface area contributed by atoms with Gasteiger partial charge >= 0.3 is 0 Å². The summed E-state index contributed by atoms with van der Waals surface area (Å²) in [5.74, 6) is 0.299. The van der Waals surface area contributed by atoms with Gasteiger partial charge in [-0.1, -0.05) is 12.1 Å². The maximum absolute atomic E-state index is 12.5. The van der Waals surface area contributed by atoms with Gasteiger partial charge in [-0.3, -0.25) is 19.6 Å². The summed E-state index contributed by atoms with van der Waals surface area (Å²) in [6, 6.07) is 11.7. The van der Waals surface area contributed by atoms with E-state index in [2.05, 4.69) is 10.4 Å². The highest BCUT2D eigenvalue weighted by Gasteiger charge is 2.12. The zero-order valence-corrected chi connectivity index (χ0v) is 15.8. The Bertz CT molecular complexity index is 1040. The van der Waals surface area contributed by atoms with E-state index in [1.54, 1.807) is 55.2 Å². The molecule has 0 aliphatic rings. The van der Waals surface area contributed by atoms with Gasteiger partial charge in [0.25, 0.3) is 11.6 Å². The molecule has 0 saturated heterocycles. The molecule has 144 valence electrons. The molecule has 1 N–H and O–H groups in total. The number of amides is 1. The number of ether oxygens (including phenoxy) is 1. The number of aromatic nitrogens is 2. The van der Waals surface area contributed by atoms with E-state index in [0.29, 0.717) is 22.6 Å². The molecule has 3 aromatic rings. The van der Waals surface area contributed by atoms with Crippen LogP contribution in [0.3, 0.4) is 0 Å². The molecule has 28 heavy (non-hydrogen) atoms. The van der Waals surface area contributed by atoms with Crippen molar-refractivity contribution in [2.75, 3.05) is 5.32 Å². The van der Waals surface area contributed by atoms with Crippen molar-refractivity contribution in [3.8, 4) is 5.75 Å². The van der Waals surface area contributed by atoms with Crippen LogP contribution in [0.25, 0.3) is 0 Å². The fourth-order valence-electron chi connectivity index (χ4n) is 2.81. The molecule has 0 bridgehead atoms. The lowest BCUT2D eigenvalue weighted by Crippen LogP contribution is -2.12. The summed E-state index contributed by atoms with van der Waals surface area (Å²) >= 11 is 0. The second kappa shape index (κ2) is 7.91. The van der Waals surface area contributed by atoms with Crippen molar-refractivity contribution in [3.63, 3.8) is 0 Å². The zero-order chi connectivity index (χ0) is 20.3. The number of aryl methyl sites for hydroxylation is 3. The second-order valence-corrected chi connectivity index (χ2v) is 6.45. The van der Waals surface area contributed by atoms with Crippen LogP contribution in [0.15, 0.2) is 48.7 Å². The van der Waals surface area contributed by atoms with E-state index in [4.69, 9.17) is 4.74 Å². The maximum Gasteiger partial charge on any atom is 0.272 e. The van der Waals surface area contributed by atoms with Gasteiger partial charge < -0.3 is 10.1 Å². The van der Waals surface area contributed by atoms with Crippen molar-refractivity contribution >= 4 is 17.3 Å². The summed E-state index contributed by atoms with van der Waals surface area (Å²) in [5.41, 5.74) is 3.30. The molecule has 1 heterocycles. The molecule has 8 heteroatoms. The predicted octanol–water partition coefficient (Wildman–Crippen LogP) is 3.78. The van der Waals surface area contributed by atoms with E-state index >= 15 is 0 Å². The van der Waals surface area contributed by atoms with Crippen molar-refractivity contribution in [2.45, 2.75) is 20.5 Å². The number of nitrogens with zero attached hydrogens (tertiary/aromatic N) is 3. The van der Waals surface area contributed by atoms with Crippen LogP contribution in [0.5, 0.6) is 5.75 Å². The fourth-order valence-corrected chi connectivity index (χ4v) is 2.81. The van der Waals surface area contributed by atoms with Gasteiger partial charge in [-0.25, -0.2) is 0 Å². The highest BCUT2D eigenvalue weighted by atomic mass is 16.6. The molecule has 2 aromatic carbocycles. The smallest absolute Gasteiger partial charge is 0.272 e. The average Bonchev–Trinajstić information content (AvgIpc) is 2.97. The third kappa shape index (κ3) is 4.35. The highest BCUT2D eigenvalue weighted by molar-refractivity contribution is 6.04. The van der Waals surface area contributed by atoms with Crippen LogP contribution in [0.1, 0.15) is 27.2 Å². The summed E-state index contributed by atoms with van der Waals surface area (Å²) in [6.07, 6.45) is 1.75. The molecular weight excluding hydrogens is 360 g/mol. The number of nitrogens with one attached hydrogen (secondary N) is 1. The molecule has 0 atom stereocenters. The first-order valence-corrected chi connectivity index (χ1v) is 8.62.